The molecule has 0 saturated carbocycles. The van der Waals surface area contributed by atoms with Crippen molar-refractivity contribution in [2.24, 2.45) is 0 Å². The Morgan fingerprint density at radius 1 is 1.83 bits per heavy atom. The quantitative estimate of drug-likeness (QED) is 0.481. The first-order valence-corrected chi connectivity index (χ1v) is 2.63. The second-order valence-corrected chi connectivity index (χ2v) is 1.86. The van der Waals surface area contributed by atoms with Gasteiger partial charge in [0.05, 0.1) is 0 Å². The summed E-state index contributed by atoms with van der Waals surface area (Å²) in [6, 6.07) is 0. The predicted octanol–water partition coefficient (Wildman–Crippen LogP) is 1.19. The van der Waals surface area contributed by atoms with Crippen LogP contribution in [0.25, 0.3) is 0 Å². The van der Waals surface area contributed by atoms with Gasteiger partial charge in [-0.1, -0.05) is 16.2 Å². The summed E-state index contributed by atoms with van der Waals surface area (Å²) in [5, 5.41) is 0. The SMILES string of the molecule is CCCC(=O)P. The van der Waals surface area contributed by atoms with Gasteiger partial charge in [0.25, 0.3) is 0 Å². The van der Waals surface area contributed by atoms with Gasteiger partial charge in [0, 0.05) is 6.42 Å². The van der Waals surface area contributed by atoms with E-state index in [4.69, 9.17) is 0 Å². The molecule has 0 saturated heterocycles. The molecule has 0 aromatic heterocycles. The Morgan fingerprint density at radius 3 is 2.33 bits per heavy atom. The van der Waals surface area contributed by atoms with E-state index in [0.717, 1.165) is 6.42 Å². The molecule has 2 heteroatoms. The Balaban J connectivity index is 2.83. The summed E-state index contributed by atoms with van der Waals surface area (Å²) >= 11 is 0. The highest BCUT2D eigenvalue weighted by Gasteiger charge is 1.83. The molecule has 0 aliphatic rings. The molecule has 0 radical (unpaired) electrons. The first-order chi connectivity index (χ1) is 2.77. The Bertz CT molecular complexity index is 51.5. The maximum Gasteiger partial charge on any atom is 0.148 e. The van der Waals surface area contributed by atoms with Crippen molar-refractivity contribution in [2.45, 2.75) is 19.8 Å². The fourth-order valence-corrected chi connectivity index (χ4v) is 0.535. The van der Waals surface area contributed by atoms with E-state index < -0.39 is 0 Å². The molecule has 6 heavy (non-hydrogen) atoms. The van der Waals surface area contributed by atoms with Crippen LogP contribution in [-0.2, 0) is 4.79 Å². The third kappa shape index (κ3) is 4.10. The Labute approximate surface area is 40.3 Å². The third-order valence-corrected chi connectivity index (χ3v) is 0.785. The van der Waals surface area contributed by atoms with Gasteiger partial charge in [-0.3, -0.25) is 4.79 Å². The lowest BCUT2D eigenvalue weighted by Gasteiger charge is -1.80. The largest absolute Gasteiger partial charge is 0.295 e. The van der Waals surface area contributed by atoms with Gasteiger partial charge >= 0.3 is 0 Å². The van der Waals surface area contributed by atoms with Crippen LogP contribution in [0.3, 0.4) is 0 Å². The molecule has 0 rings (SSSR count). The summed E-state index contributed by atoms with van der Waals surface area (Å²) in [6.45, 7) is 1.99. The van der Waals surface area contributed by atoms with Crippen LogP contribution < -0.4 is 0 Å². The Hall–Kier alpha value is 0.100. The lowest BCUT2D eigenvalue weighted by Crippen LogP contribution is -1.78. The molecule has 0 bridgehead atoms. The molecule has 0 spiro atoms. The molecule has 1 nitrogen and oxygen atoms in total. The lowest BCUT2D eigenvalue weighted by molar-refractivity contribution is -0.111. The average molecular weight is 104 g/mol. The van der Waals surface area contributed by atoms with E-state index in [0.29, 0.717) is 6.42 Å². The molecule has 0 aliphatic carbocycles. The molecule has 0 N–H and O–H groups in total. The molecule has 0 heterocycles. The smallest absolute Gasteiger partial charge is 0.148 e. The van der Waals surface area contributed by atoms with Gasteiger partial charge in [0.1, 0.15) is 5.52 Å². The van der Waals surface area contributed by atoms with Crippen LogP contribution in [0.4, 0.5) is 0 Å². The Kier molecular flexibility index (Phi) is 3.35. The molecular weight excluding hydrogens is 95.0 g/mol. The Morgan fingerprint density at radius 2 is 2.33 bits per heavy atom. The minimum absolute atomic E-state index is 0.206. The van der Waals surface area contributed by atoms with Crippen molar-refractivity contribution in [2.75, 3.05) is 0 Å². The van der Waals surface area contributed by atoms with E-state index in [-0.39, 0.29) is 5.52 Å². The van der Waals surface area contributed by atoms with Crippen LogP contribution in [0, 0.1) is 0 Å². The average Bonchev–Trinajstić information content (AvgIpc) is 1.35. The highest BCUT2D eigenvalue weighted by atomic mass is 31.0. The lowest BCUT2D eigenvalue weighted by atomic mass is 10.4. The van der Waals surface area contributed by atoms with Gasteiger partial charge in [-0.2, -0.15) is 0 Å². The van der Waals surface area contributed by atoms with E-state index in [1.165, 1.54) is 0 Å². The molecule has 0 amide bonds. The zero-order valence-electron chi connectivity index (χ0n) is 3.90. The molecule has 0 aromatic carbocycles. The third-order valence-electron chi connectivity index (χ3n) is 0.496. The summed E-state index contributed by atoms with van der Waals surface area (Å²) in [6.07, 6.45) is 1.66. The molecule has 36 valence electrons. The normalized spacial score (nSPS) is 8.33. The van der Waals surface area contributed by atoms with Gasteiger partial charge < -0.3 is 0 Å². The van der Waals surface area contributed by atoms with E-state index >= 15 is 0 Å². The summed E-state index contributed by atoms with van der Waals surface area (Å²) in [5.74, 6) is 0. The van der Waals surface area contributed by atoms with Gasteiger partial charge in [0.15, 0.2) is 0 Å². The van der Waals surface area contributed by atoms with Crippen LogP contribution >= 0.6 is 9.24 Å². The fourth-order valence-electron chi connectivity index (χ4n) is 0.246. The van der Waals surface area contributed by atoms with Crippen LogP contribution in [0.1, 0.15) is 19.8 Å². The van der Waals surface area contributed by atoms with Crippen LogP contribution in [0.2, 0.25) is 0 Å². The van der Waals surface area contributed by atoms with E-state index in [2.05, 4.69) is 9.24 Å². The standard InChI is InChI=1S/C4H9OP/c1-2-3-4(5)6/h2-3,6H2,1H3. The van der Waals surface area contributed by atoms with Crippen molar-refractivity contribution >= 4 is 14.8 Å². The van der Waals surface area contributed by atoms with Crippen molar-refractivity contribution in [1.29, 1.82) is 0 Å². The van der Waals surface area contributed by atoms with E-state index in [9.17, 15) is 4.79 Å². The van der Waals surface area contributed by atoms with Crippen LogP contribution in [0.5, 0.6) is 0 Å². The number of carbonyl (C=O) groups is 1. The van der Waals surface area contributed by atoms with Gasteiger partial charge in [0.2, 0.25) is 0 Å². The molecule has 0 aromatic rings. The maximum absolute atomic E-state index is 10.0. The second-order valence-electron chi connectivity index (χ2n) is 1.22. The minimum atomic E-state index is 0.206. The zero-order valence-corrected chi connectivity index (χ0v) is 5.05. The second kappa shape index (κ2) is 3.30. The molecule has 0 aliphatic heterocycles. The van der Waals surface area contributed by atoms with E-state index in [1.54, 1.807) is 0 Å². The minimum Gasteiger partial charge on any atom is -0.295 e. The maximum atomic E-state index is 10.0. The summed E-state index contributed by atoms with van der Waals surface area (Å²) < 4.78 is 0. The highest BCUT2D eigenvalue weighted by molar-refractivity contribution is 7.40. The fraction of sp³-hybridized carbons (Fsp3) is 0.750. The molecule has 1 atom stereocenters. The van der Waals surface area contributed by atoms with Gasteiger partial charge in [-0.05, 0) is 6.42 Å². The van der Waals surface area contributed by atoms with Crippen molar-refractivity contribution < 1.29 is 4.79 Å². The molecular formula is C4H9OP. The summed E-state index contributed by atoms with van der Waals surface area (Å²) in [5.41, 5.74) is 0.206. The topological polar surface area (TPSA) is 17.1 Å². The van der Waals surface area contributed by atoms with Gasteiger partial charge in [-0.25, -0.2) is 0 Å². The predicted molar refractivity (Wildman–Crippen MR) is 29.6 cm³/mol. The number of carbonyl (C=O) groups excluding carboxylic acids is 1. The number of hydrogen-bond acceptors (Lipinski definition) is 1. The highest BCUT2D eigenvalue weighted by Crippen LogP contribution is 1.93. The first kappa shape index (κ1) is 6.10. The number of hydrogen-bond donors (Lipinski definition) is 0. The summed E-state index contributed by atoms with van der Waals surface area (Å²) in [7, 11) is 2.14. The van der Waals surface area contributed by atoms with Crippen molar-refractivity contribution in [3.8, 4) is 0 Å². The monoisotopic (exact) mass is 104 g/mol. The van der Waals surface area contributed by atoms with Gasteiger partial charge in [-0.15, -0.1) is 0 Å². The first-order valence-electron chi connectivity index (χ1n) is 2.05. The van der Waals surface area contributed by atoms with Crippen LogP contribution in [-0.4, -0.2) is 5.52 Å². The van der Waals surface area contributed by atoms with Crippen molar-refractivity contribution in [3.05, 3.63) is 0 Å². The zero-order chi connectivity index (χ0) is 4.99. The van der Waals surface area contributed by atoms with Crippen molar-refractivity contribution in [1.82, 2.24) is 0 Å². The molecule has 1 unspecified atom stereocenters. The summed E-state index contributed by atoms with van der Waals surface area (Å²) in [4.78, 5) is 10.0. The van der Waals surface area contributed by atoms with Crippen molar-refractivity contribution in [3.63, 3.8) is 0 Å². The number of rotatable bonds is 2. The van der Waals surface area contributed by atoms with Crippen LogP contribution in [0.15, 0.2) is 0 Å². The molecule has 0 fully saturated rings. The van der Waals surface area contributed by atoms with E-state index in [1.807, 2.05) is 6.92 Å².